The zero-order chi connectivity index (χ0) is 7.90. The molecule has 2 fully saturated rings. The van der Waals surface area contributed by atoms with E-state index in [0.29, 0.717) is 12.5 Å². The van der Waals surface area contributed by atoms with Gasteiger partial charge >= 0.3 is 5.97 Å². The topological polar surface area (TPSA) is 26.3 Å². The molecule has 0 amide bonds. The molecule has 1 heterocycles. The van der Waals surface area contributed by atoms with Gasteiger partial charge in [0.25, 0.3) is 0 Å². The van der Waals surface area contributed by atoms with Crippen molar-refractivity contribution < 1.29 is 9.53 Å². The van der Waals surface area contributed by atoms with E-state index >= 15 is 0 Å². The maximum atomic E-state index is 11.3. The van der Waals surface area contributed by atoms with Crippen LogP contribution in [0.1, 0.15) is 32.6 Å². The Hall–Kier alpha value is -0.530. The lowest BCUT2D eigenvalue weighted by Crippen LogP contribution is -2.32. The van der Waals surface area contributed by atoms with Crippen molar-refractivity contribution in [3.8, 4) is 0 Å². The Morgan fingerprint density at radius 2 is 2.36 bits per heavy atom. The van der Waals surface area contributed by atoms with E-state index in [-0.39, 0.29) is 11.4 Å². The lowest BCUT2D eigenvalue weighted by molar-refractivity contribution is -0.146. The average Bonchev–Trinajstić information content (AvgIpc) is 2.29. The number of esters is 1. The third-order valence-electron chi connectivity index (χ3n) is 3.28. The summed E-state index contributed by atoms with van der Waals surface area (Å²) in [5.74, 6) is 0.561. The Labute approximate surface area is 66.9 Å². The molecule has 1 aliphatic heterocycles. The molecule has 2 rings (SSSR count). The van der Waals surface area contributed by atoms with Crippen LogP contribution in [0.25, 0.3) is 0 Å². The lowest BCUT2D eigenvalue weighted by atomic mass is 9.69. The largest absolute Gasteiger partial charge is 0.465 e. The molecule has 0 radical (unpaired) electrons. The summed E-state index contributed by atoms with van der Waals surface area (Å²) in [5.41, 5.74) is -0.113. The van der Waals surface area contributed by atoms with Crippen molar-refractivity contribution in [2.75, 3.05) is 6.61 Å². The van der Waals surface area contributed by atoms with Gasteiger partial charge < -0.3 is 4.74 Å². The fourth-order valence-electron chi connectivity index (χ4n) is 2.28. The molecule has 0 bridgehead atoms. The molecule has 1 saturated carbocycles. The Balaban J connectivity index is 2.23. The molecule has 2 heteroatoms. The Morgan fingerprint density at radius 3 is 3.09 bits per heavy atom. The van der Waals surface area contributed by atoms with E-state index in [4.69, 9.17) is 4.74 Å². The maximum Gasteiger partial charge on any atom is 0.312 e. The first-order chi connectivity index (χ1) is 5.23. The van der Waals surface area contributed by atoms with Crippen LogP contribution >= 0.6 is 0 Å². The first-order valence-electron chi connectivity index (χ1n) is 4.41. The van der Waals surface area contributed by atoms with Gasteiger partial charge in [-0.1, -0.05) is 12.8 Å². The summed E-state index contributed by atoms with van der Waals surface area (Å²) in [6.45, 7) is 2.74. The van der Waals surface area contributed by atoms with Crippen LogP contribution in [0.5, 0.6) is 0 Å². The minimum absolute atomic E-state index is 0.0437. The summed E-state index contributed by atoms with van der Waals surface area (Å²) in [6.07, 6.45) is 4.69. The number of carbonyl (C=O) groups is 1. The van der Waals surface area contributed by atoms with E-state index in [0.717, 1.165) is 6.42 Å². The number of cyclic esters (lactones) is 1. The number of ether oxygens (including phenoxy) is 1. The van der Waals surface area contributed by atoms with Crippen LogP contribution in [0.4, 0.5) is 0 Å². The number of hydrogen-bond donors (Lipinski definition) is 0. The molecule has 2 aliphatic rings. The van der Waals surface area contributed by atoms with Crippen molar-refractivity contribution in [1.82, 2.24) is 0 Å². The van der Waals surface area contributed by atoms with E-state index in [1.54, 1.807) is 0 Å². The van der Waals surface area contributed by atoms with Crippen molar-refractivity contribution in [3.63, 3.8) is 0 Å². The third kappa shape index (κ3) is 0.883. The summed E-state index contributed by atoms with van der Waals surface area (Å²) >= 11 is 0. The van der Waals surface area contributed by atoms with Gasteiger partial charge in [0.05, 0.1) is 12.0 Å². The first kappa shape index (κ1) is 7.14. The molecule has 0 unspecified atom stereocenters. The second-order valence-electron chi connectivity index (χ2n) is 3.96. The van der Waals surface area contributed by atoms with Crippen LogP contribution in [-0.4, -0.2) is 12.6 Å². The van der Waals surface area contributed by atoms with E-state index in [1.165, 1.54) is 19.3 Å². The van der Waals surface area contributed by atoms with E-state index in [9.17, 15) is 4.79 Å². The Bertz CT molecular complexity index is 188. The van der Waals surface area contributed by atoms with Crippen LogP contribution < -0.4 is 0 Å². The molecule has 0 N–H and O–H groups in total. The normalized spacial score (nSPS) is 43.4. The molecular weight excluding hydrogens is 140 g/mol. The van der Waals surface area contributed by atoms with Gasteiger partial charge in [0.2, 0.25) is 0 Å². The maximum absolute atomic E-state index is 11.3. The highest BCUT2D eigenvalue weighted by atomic mass is 16.5. The fourth-order valence-corrected chi connectivity index (χ4v) is 2.28. The predicted molar refractivity (Wildman–Crippen MR) is 41.0 cm³/mol. The van der Waals surface area contributed by atoms with Crippen LogP contribution in [0.2, 0.25) is 0 Å². The van der Waals surface area contributed by atoms with Gasteiger partial charge in [-0.05, 0) is 19.8 Å². The molecule has 0 aromatic carbocycles. The zero-order valence-corrected chi connectivity index (χ0v) is 6.93. The van der Waals surface area contributed by atoms with Crippen LogP contribution in [-0.2, 0) is 9.53 Å². The fraction of sp³-hybridized carbons (Fsp3) is 0.889. The van der Waals surface area contributed by atoms with Gasteiger partial charge in [-0.2, -0.15) is 0 Å². The Morgan fingerprint density at radius 1 is 1.55 bits per heavy atom. The van der Waals surface area contributed by atoms with E-state index in [2.05, 4.69) is 6.92 Å². The number of carbonyl (C=O) groups excluding carboxylic acids is 1. The molecular formula is C9H14O2. The highest BCUT2D eigenvalue weighted by molar-refractivity contribution is 5.78. The lowest BCUT2D eigenvalue weighted by Gasteiger charge is -2.30. The van der Waals surface area contributed by atoms with Gasteiger partial charge in [0.1, 0.15) is 0 Å². The molecule has 11 heavy (non-hydrogen) atoms. The minimum Gasteiger partial charge on any atom is -0.465 e. The van der Waals surface area contributed by atoms with Gasteiger partial charge in [0, 0.05) is 5.92 Å². The molecule has 62 valence electrons. The van der Waals surface area contributed by atoms with Crippen molar-refractivity contribution in [3.05, 3.63) is 0 Å². The second kappa shape index (κ2) is 2.23. The van der Waals surface area contributed by atoms with Crippen LogP contribution in [0.3, 0.4) is 0 Å². The molecule has 0 spiro atoms. The Kier molecular flexibility index (Phi) is 1.44. The molecule has 2 atom stereocenters. The number of rotatable bonds is 0. The van der Waals surface area contributed by atoms with Gasteiger partial charge in [0.15, 0.2) is 0 Å². The van der Waals surface area contributed by atoms with Crippen molar-refractivity contribution in [2.24, 2.45) is 11.3 Å². The van der Waals surface area contributed by atoms with Crippen LogP contribution in [0, 0.1) is 11.3 Å². The highest BCUT2D eigenvalue weighted by Gasteiger charge is 2.49. The van der Waals surface area contributed by atoms with E-state index in [1.807, 2.05) is 0 Å². The standard InChI is InChI=1S/C9H14O2/c1-9-5-3-2-4-7(9)6-11-8(9)10/h7H,2-6H2,1H3/t7-,9+/m1/s1. The molecule has 0 aromatic rings. The molecule has 1 saturated heterocycles. The third-order valence-corrected chi connectivity index (χ3v) is 3.28. The summed E-state index contributed by atoms with van der Waals surface area (Å²) in [4.78, 5) is 11.3. The van der Waals surface area contributed by atoms with Crippen molar-refractivity contribution in [1.29, 1.82) is 0 Å². The predicted octanol–water partition coefficient (Wildman–Crippen LogP) is 1.74. The summed E-state index contributed by atoms with van der Waals surface area (Å²) in [6, 6.07) is 0. The van der Waals surface area contributed by atoms with Gasteiger partial charge in [-0.15, -0.1) is 0 Å². The average molecular weight is 154 g/mol. The summed E-state index contributed by atoms with van der Waals surface area (Å²) in [5, 5.41) is 0. The molecule has 2 nitrogen and oxygen atoms in total. The van der Waals surface area contributed by atoms with Gasteiger partial charge in [-0.25, -0.2) is 0 Å². The van der Waals surface area contributed by atoms with Gasteiger partial charge in [-0.3, -0.25) is 4.79 Å². The second-order valence-corrected chi connectivity index (χ2v) is 3.96. The van der Waals surface area contributed by atoms with Crippen molar-refractivity contribution >= 4 is 5.97 Å². The first-order valence-corrected chi connectivity index (χ1v) is 4.41. The molecule has 1 aliphatic carbocycles. The van der Waals surface area contributed by atoms with Crippen LogP contribution in [0.15, 0.2) is 0 Å². The summed E-state index contributed by atoms with van der Waals surface area (Å²) in [7, 11) is 0. The smallest absolute Gasteiger partial charge is 0.312 e. The monoisotopic (exact) mass is 154 g/mol. The summed E-state index contributed by atoms with van der Waals surface area (Å²) < 4.78 is 5.06. The van der Waals surface area contributed by atoms with Crippen molar-refractivity contribution in [2.45, 2.75) is 32.6 Å². The highest BCUT2D eigenvalue weighted by Crippen LogP contribution is 2.45. The number of fused-ring (bicyclic) bond motifs is 1. The quantitative estimate of drug-likeness (QED) is 0.497. The number of hydrogen-bond acceptors (Lipinski definition) is 2. The zero-order valence-electron chi connectivity index (χ0n) is 6.93. The molecule has 0 aromatic heterocycles. The minimum atomic E-state index is -0.113. The SMILES string of the molecule is C[C@]12CCCC[C@@H]1COC2=O. The van der Waals surface area contributed by atoms with E-state index < -0.39 is 0 Å².